The Hall–Kier alpha value is -3.43. The Balaban J connectivity index is 0.000000298. The summed E-state index contributed by atoms with van der Waals surface area (Å²) in [7, 11) is 0. The Kier molecular flexibility index (Phi) is 39.1. The fourth-order valence-corrected chi connectivity index (χ4v) is 11.1. The van der Waals surface area contributed by atoms with Gasteiger partial charge < -0.3 is 0 Å². The minimum absolute atomic E-state index is 0. The van der Waals surface area contributed by atoms with Crippen molar-refractivity contribution in [2.24, 2.45) is 0 Å². The monoisotopic (exact) mass is 1170 g/mol. The second-order valence-electron chi connectivity index (χ2n) is 20.5. The van der Waals surface area contributed by atoms with Gasteiger partial charge in [0.15, 0.2) is 0 Å². The van der Waals surface area contributed by atoms with Gasteiger partial charge in [-0.15, -0.1) is 0 Å². The Labute approximate surface area is 489 Å². The number of hydrogen-bond acceptors (Lipinski definition) is 9. The minimum Gasteiger partial charge on any atom is -0.255 e. The molecule has 0 aliphatic rings. The molecule has 0 unspecified atom stereocenters. The van der Waals surface area contributed by atoms with Crippen LogP contribution >= 0.6 is 36.2 Å². The first-order valence-corrected chi connectivity index (χ1v) is 32.2. The molecule has 6 aromatic rings. The molecule has 6 nitrogen and oxygen atoms in total. The van der Waals surface area contributed by atoms with E-state index in [4.69, 9.17) is 0 Å². The van der Waals surface area contributed by atoms with Gasteiger partial charge in [-0.2, -0.15) is 36.2 Å². The molecule has 76 heavy (non-hydrogen) atoms. The number of hydrogen-bond donors (Lipinski definition) is 1. The number of nitrogens with zero attached hydrogens (tertiary/aromatic N) is 6. The normalized spacial score (nSPS) is 10.8. The van der Waals surface area contributed by atoms with E-state index in [2.05, 4.69) is 132 Å². The maximum atomic E-state index is 4.48. The molecule has 0 aromatic carbocycles. The minimum atomic E-state index is 0. The topological polar surface area (TPSA) is 77.3 Å². The maximum Gasteiger partial charge on any atom is 2.00 e. The molecule has 0 saturated heterocycles. The third-order valence-corrected chi connectivity index (χ3v) is 16.0. The first kappa shape index (κ1) is 66.9. The summed E-state index contributed by atoms with van der Waals surface area (Å²) in [5.74, 6) is 5.69. The molecule has 0 bridgehead atoms. The van der Waals surface area contributed by atoms with E-state index in [0.717, 1.165) is 57.8 Å². The molecule has 0 amide bonds. The van der Waals surface area contributed by atoms with Crippen LogP contribution in [0.25, 0.3) is 34.2 Å². The second-order valence-corrected chi connectivity index (χ2v) is 23.2. The number of pyridine rings is 6. The summed E-state index contributed by atoms with van der Waals surface area (Å²) in [6.07, 6.45) is 46.9. The average Bonchev–Trinajstić information content (AvgIpc) is 3.43. The van der Waals surface area contributed by atoms with Gasteiger partial charge in [0.25, 0.3) is 0 Å². The van der Waals surface area contributed by atoms with Crippen LogP contribution in [0.4, 0.5) is 0 Å². The zero-order chi connectivity index (χ0) is 53.2. The summed E-state index contributed by atoms with van der Waals surface area (Å²) in [4.78, 5) is 26.8. The number of thiol groups is 1. The Morgan fingerprint density at radius 2 is 0.605 bits per heavy atom. The van der Waals surface area contributed by atoms with Gasteiger partial charge in [-0.05, 0) is 176 Å². The van der Waals surface area contributed by atoms with Crippen LogP contribution in [0, 0.1) is 20.8 Å². The molecule has 0 N–H and O–H groups in total. The quantitative estimate of drug-likeness (QED) is 0.0237. The molecule has 0 radical (unpaired) electrons. The zero-order valence-corrected chi connectivity index (χ0v) is 51.9. The van der Waals surface area contributed by atoms with Crippen molar-refractivity contribution in [2.45, 2.75) is 213 Å². The van der Waals surface area contributed by atoms with Crippen LogP contribution in [0.1, 0.15) is 208 Å². The summed E-state index contributed by atoms with van der Waals surface area (Å²) in [6, 6.07) is 25.3. The Bertz CT molecular complexity index is 2100. The molecule has 6 aromatic heterocycles. The van der Waals surface area contributed by atoms with Gasteiger partial charge in [0.05, 0.1) is 34.2 Å². The molecule has 10 heteroatoms. The summed E-state index contributed by atoms with van der Waals surface area (Å²) >= 11 is 8.33. The fourth-order valence-electron chi connectivity index (χ4n) is 8.94. The van der Waals surface area contributed by atoms with Gasteiger partial charge in [0, 0.05) is 48.7 Å². The molecular weight excluding hydrogens is 1070 g/mol. The molecule has 6 heterocycles. The van der Waals surface area contributed by atoms with Crippen LogP contribution in [0.15, 0.2) is 110 Å². The third kappa shape index (κ3) is 31.2. The molecule has 0 saturated carbocycles. The van der Waals surface area contributed by atoms with Crippen molar-refractivity contribution in [3.8, 4) is 34.2 Å². The summed E-state index contributed by atoms with van der Waals surface area (Å²) < 4.78 is 0. The van der Waals surface area contributed by atoms with Gasteiger partial charge in [0.2, 0.25) is 0 Å². The molecule has 0 atom stereocenters. The average molecular weight is 1170 g/mol. The number of aryl methyl sites for hydroxylation is 4. The van der Waals surface area contributed by atoms with E-state index in [1.807, 2.05) is 78.9 Å². The third-order valence-electron chi connectivity index (χ3n) is 13.5. The van der Waals surface area contributed by atoms with E-state index < -0.39 is 0 Å². The van der Waals surface area contributed by atoms with E-state index in [1.165, 1.54) is 205 Å². The predicted octanol–water partition coefficient (Wildman–Crippen LogP) is 20.1. The fraction of sp³-hybridized carbons (Fsp3) is 0.545. The number of thioether (sulfide) groups is 2. The van der Waals surface area contributed by atoms with Crippen molar-refractivity contribution < 1.29 is 19.5 Å². The molecule has 6 rings (SSSR count). The van der Waals surface area contributed by atoms with Crippen LogP contribution in [0.2, 0.25) is 0 Å². The largest absolute Gasteiger partial charge is 2.00 e. The van der Waals surface area contributed by atoms with Crippen LogP contribution in [0.3, 0.4) is 0 Å². The summed E-state index contributed by atoms with van der Waals surface area (Å²) in [6.45, 7) is 10.8. The van der Waals surface area contributed by atoms with Crippen molar-refractivity contribution in [2.75, 3.05) is 17.3 Å². The molecule has 414 valence electrons. The van der Waals surface area contributed by atoms with Gasteiger partial charge in [-0.3, -0.25) is 29.9 Å². The van der Waals surface area contributed by atoms with Gasteiger partial charge in [-0.25, -0.2) is 0 Å². The molecular formula is C66H96N6RuS3+2. The summed E-state index contributed by atoms with van der Waals surface area (Å²) in [5, 5.41) is 0. The number of unbranched alkanes of at least 4 members (excludes halogenated alkanes) is 22. The van der Waals surface area contributed by atoms with Crippen molar-refractivity contribution in [3.63, 3.8) is 0 Å². The van der Waals surface area contributed by atoms with Gasteiger partial charge >= 0.3 is 19.5 Å². The van der Waals surface area contributed by atoms with E-state index in [0.29, 0.717) is 0 Å². The first-order chi connectivity index (χ1) is 36.9. The second kappa shape index (κ2) is 44.4. The van der Waals surface area contributed by atoms with Crippen LogP contribution in [-0.2, 0) is 37.4 Å². The number of aromatic nitrogens is 6. The van der Waals surface area contributed by atoms with Crippen LogP contribution in [-0.4, -0.2) is 47.2 Å². The SMILES string of the molecule is CCCCCCCCCCSCc1ccnc(-c2cc(C)ccn2)c1.CCCCCCCCCCSCc1ccnc(-c2cc(C)ccn2)c1.Cc1ccnc(-c2cc(CCCCCCCCCCCS)ccn2)c1.[Ru+2]. The van der Waals surface area contributed by atoms with E-state index in [1.54, 1.807) is 0 Å². The Morgan fingerprint density at radius 3 is 0.947 bits per heavy atom. The van der Waals surface area contributed by atoms with Gasteiger partial charge in [-0.1, -0.05) is 149 Å². The van der Waals surface area contributed by atoms with Gasteiger partial charge in [0.1, 0.15) is 0 Å². The molecule has 0 spiro atoms. The van der Waals surface area contributed by atoms with E-state index in [9.17, 15) is 0 Å². The molecule has 0 aliphatic heterocycles. The van der Waals surface area contributed by atoms with Crippen molar-refractivity contribution in [1.82, 2.24) is 29.9 Å². The molecule has 0 fully saturated rings. The van der Waals surface area contributed by atoms with Crippen molar-refractivity contribution >= 4 is 36.2 Å². The maximum absolute atomic E-state index is 4.48. The summed E-state index contributed by atoms with van der Waals surface area (Å²) in [5.41, 5.74) is 13.6. The zero-order valence-electron chi connectivity index (χ0n) is 47.6. The predicted molar refractivity (Wildman–Crippen MR) is 333 cm³/mol. The Morgan fingerprint density at radius 1 is 0.329 bits per heavy atom. The first-order valence-electron chi connectivity index (χ1n) is 29.3. The smallest absolute Gasteiger partial charge is 0.255 e. The number of rotatable bonds is 36. The molecule has 0 aliphatic carbocycles. The van der Waals surface area contributed by atoms with E-state index >= 15 is 0 Å². The van der Waals surface area contributed by atoms with Crippen molar-refractivity contribution in [3.05, 3.63) is 143 Å². The van der Waals surface area contributed by atoms with Crippen LogP contribution < -0.4 is 0 Å². The van der Waals surface area contributed by atoms with E-state index in [-0.39, 0.29) is 19.5 Å². The van der Waals surface area contributed by atoms with Crippen molar-refractivity contribution in [1.29, 1.82) is 0 Å². The standard InChI is InChI=1S/3C22H32N2S.Ru/c1-19-12-14-23-21(17-19)22-18-20(13-15-24-22)11-9-7-5-3-2-4-6-8-10-16-25;2*1-3-4-5-6-7-8-9-10-15-25-18-20-12-14-24-22(17-20)21-16-19(2)11-13-23-21;/h12-15,17-18,25H,2-11,16H2,1H3;2*11-14,16-17H,3-10,15,18H2,1-2H3;/q;;;+2. The van der Waals surface area contributed by atoms with Crippen LogP contribution in [0.5, 0.6) is 0 Å².